The van der Waals surface area contributed by atoms with Gasteiger partial charge in [-0.2, -0.15) is 0 Å². The summed E-state index contributed by atoms with van der Waals surface area (Å²) in [6.45, 7) is 0.578. The van der Waals surface area contributed by atoms with Crippen LogP contribution < -0.4 is 5.32 Å². The highest BCUT2D eigenvalue weighted by Gasteiger charge is 2.28. The number of aromatic carboxylic acids is 2. The van der Waals surface area contributed by atoms with Gasteiger partial charge in [-0.25, -0.2) is 9.59 Å². The van der Waals surface area contributed by atoms with Crippen LogP contribution in [0.15, 0.2) is 0 Å². The maximum atomic E-state index is 11.8. The molecule has 0 aliphatic carbocycles. The Morgan fingerprint density at radius 2 is 1.39 bits per heavy atom. The largest absolute Gasteiger partial charge is 0.478 e. The number of hydrogen-bond donors (Lipinski definition) is 3. The lowest BCUT2D eigenvalue weighted by Gasteiger charge is -2.16. The van der Waals surface area contributed by atoms with Crippen molar-refractivity contribution in [3.8, 4) is 0 Å². The van der Waals surface area contributed by atoms with Crippen LogP contribution in [0.3, 0.4) is 0 Å². The van der Waals surface area contributed by atoms with E-state index in [0.29, 0.717) is 0 Å². The predicted molar refractivity (Wildman–Crippen MR) is 104 cm³/mol. The Labute approximate surface area is 170 Å². The molecule has 0 radical (unpaired) electrons. The number of ether oxygens (including phenoxy) is 1. The molecule has 0 bridgehead atoms. The molecule has 0 aromatic heterocycles. The quantitative estimate of drug-likeness (QED) is 0.327. The number of halogens is 3. The molecular weight excluding hydrogens is 651 g/mol. The standard InChI is InChI=1S/C12H8I3NO7/c1-3(17)23-2-4(18)16-10-8(14)5(11(19)20)7(13)6(9(10)15)12(21)22/h2H2,1H3,(H,16,18)(H,19,20)(H,21,22). The van der Waals surface area contributed by atoms with E-state index in [1.54, 1.807) is 67.8 Å². The third kappa shape index (κ3) is 4.88. The molecule has 0 fully saturated rings. The van der Waals surface area contributed by atoms with Crippen LogP contribution >= 0.6 is 67.8 Å². The molecule has 0 aliphatic heterocycles. The number of carboxylic acid groups (broad SMARTS) is 2. The van der Waals surface area contributed by atoms with Crippen molar-refractivity contribution in [3.05, 3.63) is 21.8 Å². The minimum absolute atomic E-state index is 0.0542. The van der Waals surface area contributed by atoms with Crippen LogP contribution in [0.4, 0.5) is 5.69 Å². The van der Waals surface area contributed by atoms with Crippen molar-refractivity contribution in [1.82, 2.24) is 0 Å². The Balaban J connectivity index is 3.42. The molecule has 0 unspecified atom stereocenters. The highest BCUT2D eigenvalue weighted by molar-refractivity contribution is 14.1. The van der Waals surface area contributed by atoms with Gasteiger partial charge in [0.1, 0.15) is 0 Å². The second-order valence-corrected chi connectivity index (χ2v) is 7.24. The lowest BCUT2D eigenvalue weighted by Crippen LogP contribution is -2.23. The highest BCUT2D eigenvalue weighted by atomic mass is 127. The number of carboxylic acids is 2. The van der Waals surface area contributed by atoms with E-state index in [4.69, 9.17) is 0 Å². The molecule has 0 atom stereocenters. The Morgan fingerprint density at radius 1 is 0.957 bits per heavy atom. The van der Waals surface area contributed by atoms with Gasteiger partial charge in [0.15, 0.2) is 6.61 Å². The summed E-state index contributed by atoms with van der Waals surface area (Å²) in [6, 6.07) is 0. The smallest absolute Gasteiger partial charge is 0.337 e. The van der Waals surface area contributed by atoms with Gasteiger partial charge in [0.2, 0.25) is 0 Å². The number of benzene rings is 1. The molecule has 124 valence electrons. The molecule has 3 N–H and O–H groups in total. The van der Waals surface area contributed by atoms with E-state index in [2.05, 4.69) is 10.1 Å². The number of anilines is 1. The number of nitrogens with one attached hydrogen (secondary N) is 1. The topological polar surface area (TPSA) is 130 Å². The molecule has 1 aromatic rings. The van der Waals surface area contributed by atoms with Crippen molar-refractivity contribution in [2.45, 2.75) is 6.92 Å². The maximum absolute atomic E-state index is 11.8. The Morgan fingerprint density at radius 3 is 1.74 bits per heavy atom. The molecule has 8 nitrogen and oxygen atoms in total. The summed E-state index contributed by atoms with van der Waals surface area (Å²) in [5.74, 6) is -3.98. The first-order valence-electron chi connectivity index (χ1n) is 5.68. The number of carbonyl (C=O) groups is 4. The summed E-state index contributed by atoms with van der Waals surface area (Å²) >= 11 is 5.08. The van der Waals surface area contributed by atoms with Crippen LogP contribution in [-0.2, 0) is 14.3 Å². The molecular formula is C12H8I3NO7. The van der Waals surface area contributed by atoms with Gasteiger partial charge >= 0.3 is 17.9 Å². The van der Waals surface area contributed by atoms with Crippen LogP contribution in [0.1, 0.15) is 27.6 Å². The van der Waals surface area contributed by atoms with Gasteiger partial charge in [-0.1, -0.05) is 0 Å². The third-order valence-electron chi connectivity index (χ3n) is 2.42. The van der Waals surface area contributed by atoms with Crippen LogP contribution in [0.5, 0.6) is 0 Å². The zero-order valence-electron chi connectivity index (χ0n) is 11.3. The summed E-state index contributed by atoms with van der Waals surface area (Å²) in [5.41, 5.74) is -0.378. The first kappa shape index (κ1) is 20.3. The Bertz CT molecular complexity index is 676. The van der Waals surface area contributed by atoms with Gasteiger partial charge in [-0.15, -0.1) is 0 Å². The van der Waals surface area contributed by atoms with Crippen molar-refractivity contribution < 1.29 is 34.1 Å². The summed E-state index contributed by atoms with van der Waals surface area (Å²) in [7, 11) is 0. The summed E-state index contributed by atoms with van der Waals surface area (Å²) in [4.78, 5) is 45.3. The highest BCUT2D eigenvalue weighted by Crippen LogP contribution is 2.35. The molecule has 23 heavy (non-hydrogen) atoms. The average molecular weight is 659 g/mol. The number of rotatable bonds is 5. The fourth-order valence-electron chi connectivity index (χ4n) is 1.49. The van der Waals surface area contributed by atoms with Gasteiger partial charge in [-0.05, 0) is 67.8 Å². The van der Waals surface area contributed by atoms with E-state index in [1.807, 2.05) is 0 Å². The predicted octanol–water partition coefficient (Wildman–Crippen LogP) is 2.40. The fraction of sp³-hybridized carbons (Fsp3) is 0.167. The Hall–Kier alpha value is -0.710. The van der Waals surface area contributed by atoms with Crippen molar-refractivity contribution in [2.75, 3.05) is 11.9 Å². The van der Waals surface area contributed by atoms with Crippen LogP contribution in [-0.4, -0.2) is 40.6 Å². The molecule has 1 aromatic carbocycles. The van der Waals surface area contributed by atoms with Crippen molar-refractivity contribution >= 4 is 97.3 Å². The number of amides is 1. The summed E-state index contributed by atoms with van der Waals surface area (Å²) in [6.07, 6.45) is 0. The van der Waals surface area contributed by atoms with Crippen LogP contribution in [0, 0.1) is 10.7 Å². The van der Waals surface area contributed by atoms with E-state index < -0.39 is 30.4 Å². The molecule has 0 saturated carbocycles. The summed E-state index contributed by atoms with van der Waals surface area (Å²) in [5, 5.41) is 21.0. The molecule has 11 heteroatoms. The first-order chi connectivity index (χ1) is 10.6. The lowest BCUT2D eigenvalue weighted by atomic mass is 10.1. The second-order valence-electron chi connectivity index (χ2n) is 4.01. The monoisotopic (exact) mass is 659 g/mol. The molecule has 0 spiro atoms. The number of carbonyl (C=O) groups excluding carboxylic acids is 2. The molecule has 0 heterocycles. The van der Waals surface area contributed by atoms with Gasteiger partial charge in [0.05, 0.1) is 24.0 Å². The molecule has 1 amide bonds. The lowest BCUT2D eigenvalue weighted by molar-refractivity contribution is -0.144. The first-order valence-corrected chi connectivity index (χ1v) is 8.91. The molecule has 1 rings (SSSR count). The van der Waals surface area contributed by atoms with E-state index in [1.165, 1.54) is 0 Å². The number of esters is 1. The van der Waals surface area contributed by atoms with Crippen LogP contribution in [0.25, 0.3) is 0 Å². The third-order valence-corrected chi connectivity index (χ3v) is 5.65. The second kappa shape index (κ2) is 8.41. The molecule has 0 saturated heterocycles. The Kier molecular flexibility index (Phi) is 7.43. The van der Waals surface area contributed by atoms with Gasteiger partial charge in [-0.3, -0.25) is 9.59 Å². The van der Waals surface area contributed by atoms with Gasteiger partial charge in [0.25, 0.3) is 5.91 Å². The van der Waals surface area contributed by atoms with Crippen molar-refractivity contribution in [2.24, 2.45) is 0 Å². The minimum Gasteiger partial charge on any atom is -0.478 e. The normalized spacial score (nSPS) is 10.1. The van der Waals surface area contributed by atoms with Crippen LogP contribution in [0.2, 0.25) is 0 Å². The van der Waals surface area contributed by atoms with E-state index in [9.17, 15) is 29.4 Å². The van der Waals surface area contributed by atoms with Gasteiger partial charge in [0, 0.05) is 10.5 Å². The maximum Gasteiger partial charge on any atom is 0.337 e. The van der Waals surface area contributed by atoms with Gasteiger partial charge < -0.3 is 20.3 Å². The van der Waals surface area contributed by atoms with E-state index in [0.717, 1.165) is 6.92 Å². The number of hydrogen-bond acceptors (Lipinski definition) is 5. The summed E-state index contributed by atoms with van der Waals surface area (Å²) < 4.78 is 4.98. The van der Waals surface area contributed by atoms with Crippen molar-refractivity contribution in [1.29, 1.82) is 0 Å². The van der Waals surface area contributed by atoms with E-state index >= 15 is 0 Å². The zero-order valence-corrected chi connectivity index (χ0v) is 17.7. The minimum atomic E-state index is -1.31. The van der Waals surface area contributed by atoms with E-state index in [-0.39, 0.29) is 27.5 Å². The SMILES string of the molecule is CC(=O)OCC(=O)Nc1c(I)c(C(=O)O)c(I)c(C(=O)O)c1I. The van der Waals surface area contributed by atoms with Crippen molar-refractivity contribution in [3.63, 3.8) is 0 Å². The fourth-order valence-corrected chi connectivity index (χ4v) is 5.85. The average Bonchev–Trinajstić information content (AvgIpc) is 2.40. The zero-order chi connectivity index (χ0) is 17.9. The molecule has 0 aliphatic rings.